The van der Waals surface area contributed by atoms with Crippen molar-refractivity contribution in [3.63, 3.8) is 0 Å². The molecule has 1 aliphatic rings. The van der Waals surface area contributed by atoms with Gasteiger partial charge in [-0.25, -0.2) is 9.97 Å². The smallest absolute Gasteiger partial charge is 0.381 e. The molecule has 3 aromatic rings. The molecule has 0 saturated carbocycles. The molecule has 7 nitrogen and oxygen atoms in total. The highest BCUT2D eigenvalue weighted by atomic mass is 19.4. The van der Waals surface area contributed by atoms with E-state index in [1.807, 2.05) is 0 Å². The predicted molar refractivity (Wildman–Crippen MR) is 109 cm³/mol. The molecule has 4 rings (SSSR count). The number of hydrogen-bond donors (Lipinski definition) is 0. The zero-order valence-electron chi connectivity index (χ0n) is 17.6. The van der Waals surface area contributed by atoms with Gasteiger partial charge >= 0.3 is 6.18 Å². The van der Waals surface area contributed by atoms with Gasteiger partial charge in [-0.15, -0.1) is 0 Å². The van der Waals surface area contributed by atoms with Crippen LogP contribution in [-0.4, -0.2) is 50.3 Å². The summed E-state index contributed by atoms with van der Waals surface area (Å²) in [6.45, 7) is 4.62. The Bertz CT molecular complexity index is 1100. The van der Waals surface area contributed by atoms with E-state index in [4.69, 9.17) is 4.74 Å². The van der Waals surface area contributed by atoms with Crippen LogP contribution >= 0.6 is 0 Å². The zero-order valence-corrected chi connectivity index (χ0v) is 17.6. The standard InChI is InChI=1S/C22H22F3N5O2/c1-14-7-17(9-18(8-14)22(23,24)25)21(31)29(10-16-11-32-12-16)15(2)20-27-13-28-30(20)19-5-3-4-6-26-19/h3-9,13,15-16H,10-12H2,1-2H3. The Morgan fingerprint density at radius 3 is 2.66 bits per heavy atom. The third-order valence-corrected chi connectivity index (χ3v) is 5.36. The molecule has 1 fully saturated rings. The molecule has 0 bridgehead atoms. The summed E-state index contributed by atoms with van der Waals surface area (Å²) in [5, 5.41) is 4.23. The van der Waals surface area contributed by atoms with Crippen LogP contribution in [0.1, 0.15) is 40.3 Å². The first-order chi connectivity index (χ1) is 15.2. The SMILES string of the molecule is Cc1cc(C(=O)N(CC2COC2)C(C)c2ncnn2-c2ccccn2)cc(C(F)(F)F)c1. The van der Waals surface area contributed by atoms with Gasteiger partial charge < -0.3 is 9.64 Å². The number of aryl methyl sites for hydroxylation is 1. The van der Waals surface area contributed by atoms with Crippen molar-refractivity contribution >= 4 is 5.91 Å². The summed E-state index contributed by atoms with van der Waals surface area (Å²) >= 11 is 0. The third-order valence-electron chi connectivity index (χ3n) is 5.36. The van der Waals surface area contributed by atoms with E-state index in [9.17, 15) is 18.0 Å². The molecule has 32 heavy (non-hydrogen) atoms. The van der Waals surface area contributed by atoms with Crippen LogP contribution in [0.25, 0.3) is 5.82 Å². The molecule has 1 atom stereocenters. The molecule has 10 heteroatoms. The fourth-order valence-electron chi connectivity index (χ4n) is 3.65. The van der Waals surface area contributed by atoms with Gasteiger partial charge in [0, 0.05) is 24.2 Å². The first-order valence-electron chi connectivity index (χ1n) is 10.1. The number of hydrogen-bond acceptors (Lipinski definition) is 5. The van der Waals surface area contributed by atoms with Crippen molar-refractivity contribution in [2.24, 2.45) is 5.92 Å². The minimum atomic E-state index is -4.54. The summed E-state index contributed by atoms with van der Waals surface area (Å²) in [5.41, 5.74) is -0.509. The number of carbonyl (C=O) groups is 1. The van der Waals surface area contributed by atoms with Crippen LogP contribution in [0.3, 0.4) is 0 Å². The summed E-state index contributed by atoms with van der Waals surface area (Å²) in [7, 11) is 0. The average Bonchev–Trinajstić information content (AvgIpc) is 3.22. The van der Waals surface area contributed by atoms with Gasteiger partial charge in [-0.3, -0.25) is 4.79 Å². The Morgan fingerprint density at radius 2 is 2.03 bits per heavy atom. The number of rotatable bonds is 6. The van der Waals surface area contributed by atoms with Crippen LogP contribution in [0.5, 0.6) is 0 Å². The number of amides is 1. The highest BCUT2D eigenvalue weighted by Crippen LogP contribution is 2.32. The number of carbonyl (C=O) groups excluding carboxylic acids is 1. The van der Waals surface area contributed by atoms with E-state index in [1.54, 1.807) is 31.3 Å². The molecule has 1 saturated heterocycles. The molecule has 1 amide bonds. The highest BCUT2D eigenvalue weighted by molar-refractivity contribution is 5.95. The van der Waals surface area contributed by atoms with Crippen molar-refractivity contribution in [1.82, 2.24) is 24.6 Å². The van der Waals surface area contributed by atoms with Gasteiger partial charge in [0.05, 0.1) is 24.8 Å². The van der Waals surface area contributed by atoms with Crippen molar-refractivity contribution in [1.29, 1.82) is 0 Å². The zero-order chi connectivity index (χ0) is 22.9. The molecule has 2 aromatic heterocycles. The van der Waals surface area contributed by atoms with E-state index in [1.165, 1.54) is 28.9 Å². The number of ether oxygens (including phenoxy) is 1. The van der Waals surface area contributed by atoms with Crippen molar-refractivity contribution in [3.05, 3.63) is 71.4 Å². The number of aromatic nitrogens is 4. The minimum absolute atomic E-state index is 0.0201. The molecule has 0 radical (unpaired) electrons. The monoisotopic (exact) mass is 445 g/mol. The molecular formula is C22H22F3N5O2. The molecule has 1 aromatic carbocycles. The lowest BCUT2D eigenvalue weighted by molar-refractivity contribution is -0.137. The Balaban J connectivity index is 1.70. The second kappa shape index (κ2) is 8.70. The number of halogens is 3. The summed E-state index contributed by atoms with van der Waals surface area (Å²) in [6, 6.07) is 8.16. The Hall–Kier alpha value is -3.27. The van der Waals surface area contributed by atoms with Crippen LogP contribution in [0.2, 0.25) is 0 Å². The molecular weight excluding hydrogens is 423 g/mol. The topological polar surface area (TPSA) is 73.1 Å². The van der Waals surface area contributed by atoms with Gasteiger partial charge in [0.15, 0.2) is 11.6 Å². The maximum Gasteiger partial charge on any atom is 0.416 e. The van der Waals surface area contributed by atoms with E-state index in [0.717, 1.165) is 12.1 Å². The van der Waals surface area contributed by atoms with Crippen molar-refractivity contribution in [3.8, 4) is 5.82 Å². The molecule has 0 aliphatic carbocycles. The molecule has 1 aliphatic heterocycles. The second-order valence-electron chi connectivity index (χ2n) is 7.84. The van der Waals surface area contributed by atoms with Crippen molar-refractivity contribution in [2.45, 2.75) is 26.1 Å². The number of pyridine rings is 1. The first kappa shape index (κ1) is 21.9. The molecule has 1 unspecified atom stereocenters. The number of alkyl halides is 3. The normalized spacial score (nSPS) is 15.3. The van der Waals surface area contributed by atoms with Gasteiger partial charge in [0.1, 0.15) is 6.33 Å². The van der Waals surface area contributed by atoms with Gasteiger partial charge in [0.25, 0.3) is 5.91 Å². The van der Waals surface area contributed by atoms with E-state index in [0.29, 0.717) is 37.0 Å². The molecule has 168 valence electrons. The van der Waals surface area contributed by atoms with E-state index < -0.39 is 23.7 Å². The average molecular weight is 445 g/mol. The molecule has 0 N–H and O–H groups in total. The van der Waals surface area contributed by atoms with E-state index >= 15 is 0 Å². The van der Waals surface area contributed by atoms with Crippen LogP contribution in [0.15, 0.2) is 48.9 Å². The maximum atomic E-state index is 13.5. The van der Waals surface area contributed by atoms with Crippen LogP contribution in [-0.2, 0) is 10.9 Å². The van der Waals surface area contributed by atoms with Gasteiger partial charge in [-0.2, -0.15) is 23.0 Å². The van der Waals surface area contributed by atoms with Crippen molar-refractivity contribution in [2.75, 3.05) is 19.8 Å². The Morgan fingerprint density at radius 1 is 1.25 bits per heavy atom. The van der Waals surface area contributed by atoms with E-state index in [2.05, 4.69) is 15.1 Å². The van der Waals surface area contributed by atoms with Gasteiger partial charge in [-0.1, -0.05) is 6.07 Å². The lowest BCUT2D eigenvalue weighted by Gasteiger charge is -2.35. The first-order valence-corrected chi connectivity index (χ1v) is 10.1. The van der Waals surface area contributed by atoms with Crippen LogP contribution in [0, 0.1) is 12.8 Å². The van der Waals surface area contributed by atoms with Gasteiger partial charge in [-0.05, 0) is 49.7 Å². The Kier molecular flexibility index (Phi) is 5.96. The fraction of sp³-hybridized carbons (Fsp3) is 0.364. The highest BCUT2D eigenvalue weighted by Gasteiger charge is 2.34. The fourth-order valence-corrected chi connectivity index (χ4v) is 3.65. The third kappa shape index (κ3) is 4.50. The lowest BCUT2D eigenvalue weighted by atomic mass is 10.0. The summed E-state index contributed by atoms with van der Waals surface area (Å²) in [6.07, 6.45) is -1.56. The maximum absolute atomic E-state index is 13.5. The minimum Gasteiger partial charge on any atom is -0.381 e. The van der Waals surface area contributed by atoms with E-state index in [-0.39, 0.29) is 11.5 Å². The summed E-state index contributed by atoms with van der Waals surface area (Å²) < 4.78 is 46.8. The predicted octanol–water partition coefficient (Wildman–Crippen LogP) is 3.84. The number of nitrogens with zero attached hydrogens (tertiary/aromatic N) is 5. The summed E-state index contributed by atoms with van der Waals surface area (Å²) in [4.78, 5) is 23.6. The molecule has 0 spiro atoms. The number of benzene rings is 1. The second-order valence-corrected chi connectivity index (χ2v) is 7.84. The largest absolute Gasteiger partial charge is 0.416 e. The van der Waals surface area contributed by atoms with Gasteiger partial charge in [0.2, 0.25) is 0 Å². The van der Waals surface area contributed by atoms with Crippen LogP contribution in [0.4, 0.5) is 13.2 Å². The Labute approximate surface area is 182 Å². The van der Waals surface area contributed by atoms with Crippen molar-refractivity contribution < 1.29 is 22.7 Å². The quantitative estimate of drug-likeness (QED) is 0.577. The molecule has 3 heterocycles. The lowest BCUT2D eigenvalue weighted by Crippen LogP contribution is -2.44. The van der Waals surface area contributed by atoms with Crippen LogP contribution < -0.4 is 0 Å². The summed E-state index contributed by atoms with van der Waals surface area (Å²) in [5.74, 6) is 0.579.